The van der Waals surface area contributed by atoms with Crippen LogP contribution in [0.3, 0.4) is 0 Å². The van der Waals surface area contributed by atoms with Gasteiger partial charge in [-0.25, -0.2) is 4.98 Å². The van der Waals surface area contributed by atoms with Crippen molar-refractivity contribution in [3.63, 3.8) is 0 Å². The van der Waals surface area contributed by atoms with Crippen LogP contribution in [0.15, 0.2) is 23.7 Å². The first-order chi connectivity index (χ1) is 8.08. The summed E-state index contributed by atoms with van der Waals surface area (Å²) >= 11 is 1.34. The lowest BCUT2D eigenvalue weighted by Crippen LogP contribution is -2.20. The average molecular weight is 249 g/mol. The number of nitrogens with two attached hydrogens (primary N) is 1. The normalized spacial score (nSPS) is 12.4. The quantitative estimate of drug-likeness (QED) is 0.862. The minimum absolute atomic E-state index is 0.362. The van der Waals surface area contributed by atoms with Gasteiger partial charge < -0.3 is 10.8 Å². The number of aryl methyl sites for hydroxylation is 1. The summed E-state index contributed by atoms with van der Waals surface area (Å²) in [6.07, 6.45) is 1.70. The van der Waals surface area contributed by atoms with Crippen molar-refractivity contribution >= 4 is 17.3 Å². The standard InChI is InChI=1S/C11H11N3O2S/c1-6-2-3-13-7(4-6)10-14-8(5-17-10)9(12)11(15)16/h2-5,9H,12H2,1H3,(H,15,16). The van der Waals surface area contributed by atoms with Crippen LogP contribution in [0, 0.1) is 6.92 Å². The number of carboxylic acid groups (broad SMARTS) is 1. The van der Waals surface area contributed by atoms with Crippen LogP contribution in [0.4, 0.5) is 0 Å². The van der Waals surface area contributed by atoms with Crippen molar-refractivity contribution in [1.29, 1.82) is 0 Å². The third-order valence-electron chi connectivity index (χ3n) is 2.24. The monoisotopic (exact) mass is 249 g/mol. The molecule has 2 rings (SSSR count). The summed E-state index contributed by atoms with van der Waals surface area (Å²) in [4.78, 5) is 19.1. The van der Waals surface area contributed by atoms with Crippen molar-refractivity contribution in [3.8, 4) is 10.7 Å². The van der Waals surface area contributed by atoms with E-state index in [1.807, 2.05) is 19.1 Å². The highest BCUT2D eigenvalue weighted by Gasteiger charge is 2.18. The zero-order chi connectivity index (χ0) is 12.4. The number of carboxylic acids is 1. The molecule has 0 saturated carbocycles. The number of aromatic nitrogens is 2. The highest BCUT2D eigenvalue weighted by Crippen LogP contribution is 2.24. The molecule has 0 fully saturated rings. The number of thiazole rings is 1. The minimum Gasteiger partial charge on any atom is -0.480 e. The van der Waals surface area contributed by atoms with E-state index in [2.05, 4.69) is 9.97 Å². The Hall–Kier alpha value is -1.79. The molecule has 0 amide bonds. The van der Waals surface area contributed by atoms with E-state index >= 15 is 0 Å². The minimum atomic E-state index is -1.08. The van der Waals surface area contributed by atoms with Crippen LogP contribution in [0.5, 0.6) is 0 Å². The van der Waals surface area contributed by atoms with Gasteiger partial charge in [0.15, 0.2) is 0 Å². The third-order valence-corrected chi connectivity index (χ3v) is 3.12. The lowest BCUT2D eigenvalue weighted by atomic mass is 10.2. The van der Waals surface area contributed by atoms with Crippen molar-refractivity contribution in [2.24, 2.45) is 5.73 Å². The fourth-order valence-corrected chi connectivity index (χ4v) is 2.15. The Morgan fingerprint density at radius 2 is 2.35 bits per heavy atom. The summed E-state index contributed by atoms with van der Waals surface area (Å²) in [7, 11) is 0. The first-order valence-corrected chi connectivity index (χ1v) is 5.82. The average Bonchev–Trinajstić information content (AvgIpc) is 2.77. The zero-order valence-electron chi connectivity index (χ0n) is 9.12. The first kappa shape index (κ1) is 11.7. The van der Waals surface area contributed by atoms with Gasteiger partial charge in [0.1, 0.15) is 11.0 Å². The van der Waals surface area contributed by atoms with Gasteiger partial charge in [-0.3, -0.25) is 9.78 Å². The molecule has 2 aromatic heterocycles. The Kier molecular flexibility index (Phi) is 3.16. The van der Waals surface area contributed by atoms with Crippen molar-refractivity contribution in [3.05, 3.63) is 35.0 Å². The van der Waals surface area contributed by atoms with Crippen LogP contribution in [-0.4, -0.2) is 21.0 Å². The Bertz CT molecular complexity index is 553. The Labute approximate surface area is 102 Å². The fraction of sp³-hybridized carbons (Fsp3) is 0.182. The van der Waals surface area contributed by atoms with Gasteiger partial charge in [-0.05, 0) is 24.6 Å². The molecule has 1 atom stereocenters. The van der Waals surface area contributed by atoms with Crippen molar-refractivity contribution in [2.45, 2.75) is 13.0 Å². The molecule has 0 radical (unpaired) electrons. The number of carbonyl (C=O) groups is 1. The lowest BCUT2D eigenvalue weighted by molar-refractivity contribution is -0.138. The van der Waals surface area contributed by atoms with Gasteiger partial charge in [-0.15, -0.1) is 11.3 Å². The summed E-state index contributed by atoms with van der Waals surface area (Å²) < 4.78 is 0. The smallest absolute Gasteiger partial charge is 0.326 e. The molecular weight excluding hydrogens is 238 g/mol. The summed E-state index contributed by atoms with van der Waals surface area (Å²) in [5.41, 5.74) is 7.66. The third kappa shape index (κ3) is 2.48. The molecule has 0 aliphatic heterocycles. The van der Waals surface area contributed by atoms with Crippen molar-refractivity contribution in [1.82, 2.24) is 9.97 Å². The van der Waals surface area contributed by atoms with Crippen LogP contribution in [0.1, 0.15) is 17.3 Å². The van der Waals surface area contributed by atoms with E-state index in [0.717, 1.165) is 11.3 Å². The predicted molar refractivity (Wildman–Crippen MR) is 64.6 cm³/mol. The van der Waals surface area contributed by atoms with Crippen LogP contribution in [0.2, 0.25) is 0 Å². The molecule has 2 heterocycles. The van der Waals surface area contributed by atoms with Gasteiger partial charge in [-0.1, -0.05) is 0 Å². The van der Waals surface area contributed by atoms with E-state index in [-0.39, 0.29) is 0 Å². The van der Waals surface area contributed by atoms with Gasteiger partial charge in [0.25, 0.3) is 0 Å². The summed E-state index contributed by atoms with van der Waals surface area (Å²) in [5.74, 6) is -1.08. The molecule has 17 heavy (non-hydrogen) atoms. The van der Waals surface area contributed by atoms with E-state index in [4.69, 9.17) is 10.8 Å². The van der Waals surface area contributed by atoms with Gasteiger partial charge in [-0.2, -0.15) is 0 Å². The van der Waals surface area contributed by atoms with Gasteiger partial charge in [0.2, 0.25) is 0 Å². The number of hydrogen-bond acceptors (Lipinski definition) is 5. The number of hydrogen-bond donors (Lipinski definition) is 2. The zero-order valence-corrected chi connectivity index (χ0v) is 9.94. The molecule has 0 aliphatic carbocycles. The van der Waals surface area contributed by atoms with Gasteiger partial charge in [0, 0.05) is 11.6 Å². The molecule has 0 aromatic carbocycles. The highest BCUT2D eigenvalue weighted by molar-refractivity contribution is 7.13. The molecule has 6 heteroatoms. The maximum absolute atomic E-state index is 10.7. The molecule has 0 spiro atoms. The summed E-state index contributed by atoms with van der Waals surface area (Å²) in [6, 6.07) is 2.71. The van der Waals surface area contributed by atoms with E-state index in [9.17, 15) is 4.79 Å². The maximum atomic E-state index is 10.7. The summed E-state index contributed by atoms with van der Waals surface area (Å²) in [6.45, 7) is 1.96. The van der Waals surface area contributed by atoms with Crippen LogP contribution >= 0.6 is 11.3 Å². The van der Waals surface area contributed by atoms with Crippen LogP contribution in [0.25, 0.3) is 10.7 Å². The second-order valence-corrected chi connectivity index (χ2v) is 4.47. The second kappa shape index (κ2) is 4.60. The molecular formula is C11H11N3O2S. The van der Waals surface area contributed by atoms with Gasteiger partial charge in [0.05, 0.1) is 11.4 Å². The molecule has 88 valence electrons. The Morgan fingerprint density at radius 1 is 1.59 bits per heavy atom. The largest absolute Gasteiger partial charge is 0.480 e. The van der Waals surface area contributed by atoms with Crippen LogP contribution < -0.4 is 5.73 Å². The van der Waals surface area contributed by atoms with E-state index < -0.39 is 12.0 Å². The molecule has 5 nitrogen and oxygen atoms in total. The highest BCUT2D eigenvalue weighted by atomic mass is 32.1. The lowest BCUT2D eigenvalue weighted by Gasteiger charge is -2.00. The number of pyridine rings is 1. The molecule has 0 saturated heterocycles. The van der Waals surface area contributed by atoms with Crippen LogP contribution in [-0.2, 0) is 4.79 Å². The number of rotatable bonds is 3. The number of nitrogens with zero attached hydrogens (tertiary/aromatic N) is 2. The second-order valence-electron chi connectivity index (χ2n) is 3.61. The molecule has 0 aliphatic rings. The SMILES string of the molecule is Cc1ccnc(-c2nc(C(N)C(=O)O)cs2)c1. The molecule has 1 unspecified atom stereocenters. The van der Waals surface area contributed by atoms with Crippen molar-refractivity contribution in [2.75, 3.05) is 0 Å². The topological polar surface area (TPSA) is 89.1 Å². The fourth-order valence-electron chi connectivity index (χ4n) is 1.33. The van der Waals surface area contributed by atoms with E-state index in [1.165, 1.54) is 11.3 Å². The molecule has 2 aromatic rings. The number of aliphatic carboxylic acids is 1. The Morgan fingerprint density at radius 3 is 3.00 bits per heavy atom. The molecule has 3 N–H and O–H groups in total. The maximum Gasteiger partial charge on any atom is 0.326 e. The van der Waals surface area contributed by atoms with E-state index in [0.29, 0.717) is 10.7 Å². The van der Waals surface area contributed by atoms with Crippen molar-refractivity contribution < 1.29 is 9.90 Å². The first-order valence-electron chi connectivity index (χ1n) is 4.95. The predicted octanol–water partition coefficient (Wildman–Crippen LogP) is 1.60. The Balaban J connectivity index is 2.33. The summed E-state index contributed by atoms with van der Waals surface area (Å²) in [5, 5.41) is 11.1. The molecule has 0 bridgehead atoms. The van der Waals surface area contributed by atoms with Gasteiger partial charge >= 0.3 is 5.97 Å². The van der Waals surface area contributed by atoms with E-state index in [1.54, 1.807) is 11.6 Å².